The van der Waals surface area contributed by atoms with Gasteiger partial charge in [0.05, 0.1) is 0 Å². The molecule has 6 heteroatoms. The molecule has 0 fully saturated rings. The molecule has 1 unspecified atom stereocenters. The number of aldehydes is 1. The van der Waals surface area contributed by atoms with Gasteiger partial charge in [-0.25, -0.2) is 8.78 Å². The van der Waals surface area contributed by atoms with Gasteiger partial charge in [0.1, 0.15) is 23.2 Å². The number of aromatic nitrogens is 2. The maximum Gasteiger partial charge on any atom is 0.282 e. The van der Waals surface area contributed by atoms with Gasteiger partial charge >= 0.3 is 0 Å². The van der Waals surface area contributed by atoms with Crippen molar-refractivity contribution in [3.05, 3.63) is 17.5 Å². The van der Waals surface area contributed by atoms with Crippen LogP contribution in [0, 0.1) is 0 Å². The van der Waals surface area contributed by atoms with Gasteiger partial charge in [0.2, 0.25) is 0 Å². The van der Waals surface area contributed by atoms with Gasteiger partial charge in [-0.1, -0.05) is 0 Å². The van der Waals surface area contributed by atoms with Crippen LogP contribution >= 0.6 is 0 Å². The first-order valence-electron chi connectivity index (χ1n) is 4.62. The average molecular weight is 230 g/mol. The molecule has 0 saturated heterocycles. The number of halogens is 2. The molecule has 0 aliphatic rings. The van der Waals surface area contributed by atoms with Crippen LogP contribution in [0.5, 0.6) is 0 Å². The van der Waals surface area contributed by atoms with E-state index in [1.165, 1.54) is 31.8 Å². The number of aryl methyl sites for hydroxylation is 1. The summed E-state index contributed by atoms with van der Waals surface area (Å²) in [5.41, 5.74) is -2.11. The van der Waals surface area contributed by atoms with E-state index in [0.29, 0.717) is 6.29 Å². The summed E-state index contributed by atoms with van der Waals surface area (Å²) in [5.74, 6) is -0.489. The molecule has 1 aromatic heterocycles. The van der Waals surface area contributed by atoms with Gasteiger partial charge in [0.25, 0.3) is 6.43 Å². The molecule has 1 atom stereocenters. The molecule has 0 spiro atoms. The summed E-state index contributed by atoms with van der Waals surface area (Å²) in [4.78, 5) is 22.3. The van der Waals surface area contributed by atoms with E-state index in [0.717, 1.165) is 0 Å². The molecule has 16 heavy (non-hydrogen) atoms. The Hall–Kier alpha value is -1.59. The Morgan fingerprint density at radius 1 is 1.62 bits per heavy atom. The molecular weight excluding hydrogens is 218 g/mol. The molecule has 0 saturated carbocycles. The smallest absolute Gasteiger partial charge is 0.282 e. The Balaban J connectivity index is 3.41. The van der Waals surface area contributed by atoms with Crippen molar-refractivity contribution in [3.8, 4) is 0 Å². The van der Waals surface area contributed by atoms with Crippen molar-refractivity contribution in [2.45, 2.75) is 25.7 Å². The number of ketones is 1. The van der Waals surface area contributed by atoms with Gasteiger partial charge in [0.15, 0.2) is 0 Å². The molecule has 0 bridgehead atoms. The van der Waals surface area contributed by atoms with Crippen molar-refractivity contribution < 1.29 is 18.4 Å². The second-order valence-corrected chi connectivity index (χ2v) is 3.78. The summed E-state index contributed by atoms with van der Waals surface area (Å²) in [5, 5.41) is 3.56. The summed E-state index contributed by atoms with van der Waals surface area (Å²) in [6, 6.07) is 0. The van der Waals surface area contributed by atoms with Crippen molar-refractivity contribution in [1.29, 1.82) is 0 Å². The highest BCUT2D eigenvalue weighted by Crippen LogP contribution is 2.31. The average Bonchev–Trinajstić information content (AvgIpc) is 2.59. The summed E-state index contributed by atoms with van der Waals surface area (Å²) in [7, 11) is 1.46. The lowest BCUT2D eigenvalue weighted by atomic mass is 9.81. The van der Waals surface area contributed by atoms with Crippen molar-refractivity contribution in [2.24, 2.45) is 7.05 Å². The predicted octanol–water partition coefficient (Wildman–Crippen LogP) is 1.40. The van der Waals surface area contributed by atoms with E-state index in [1.807, 2.05) is 0 Å². The van der Waals surface area contributed by atoms with Crippen LogP contribution in [-0.4, -0.2) is 21.8 Å². The minimum absolute atomic E-state index is 0.0347. The summed E-state index contributed by atoms with van der Waals surface area (Å²) < 4.78 is 26.5. The molecule has 1 heterocycles. The van der Waals surface area contributed by atoms with Gasteiger partial charge < -0.3 is 4.79 Å². The zero-order chi connectivity index (χ0) is 12.5. The first-order chi connectivity index (χ1) is 7.32. The number of carbonyl (C=O) groups excluding carboxylic acids is 2. The third-order valence-corrected chi connectivity index (χ3v) is 2.59. The SMILES string of the molecule is CC(=O)C(C)(C=O)c1cn(C)nc1C(F)F. The number of hydrogen-bond acceptors (Lipinski definition) is 3. The van der Waals surface area contributed by atoms with Crippen LogP contribution in [0.15, 0.2) is 6.20 Å². The summed E-state index contributed by atoms with van der Waals surface area (Å²) >= 11 is 0. The summed E-state index contributed by atoms with van der Waals surface area (Å²) in [6.07, 6.45) is -1.16. The first-order valence-corrected chi connectivity index (χ1v) is 4.62. The quantitative estimate of drug-likeness (QED) is 0.580. The Bertz CT molecular complexity index is 428. The van der Waals surface area contributed by atoms with Gasteiger partial charge in [-0.2, -0.15) is 5.10 Å². The minimum Gasteiger partial charge on any atom is -0.302 e. The highest BCUT2D eigenvalue weighted by molar-refractivity contribution is 6.02. The molecule has 0 aliphatic heterocycles. The third-order valence-electron chi connectivity index (χ3n) is 2.59. The van der Waals surface area contributed by atoms with Crippen molar-refractivity contribution in [2.75, 3.05) is 0 Å². The Labute approximate surface area is 91.2 Å². The van der Waals surface area contributed by atoms with Crippen LogP contribution in [0.3, 0.4) is 0 Å². The number of hydrogen-bond donors (Lipinski definition) is 0. The molecule has 0 N–H and O–H groups in total. The van der Waals surface area contributed by atoms with E-state index in [1.54, 1.807) is 0 Å². The molecule has 0 aliphatic carbocycles. The second kappa shape index (κ2) is 4.11. The molecule has 0 radical (unpaired) electrons. The minimum atomic E-state index is -2.81. The number of carbonyl (C=O) groups is 2. The highest BCUT2D eigenvalue weighted by Gasteiger charge is 2.37. The number of alkyl halides is 2. The normalized spacial score (nSPS) is 14.9. The van der Waals surface area contributed by atoms with E-state index < -0.39 is 23.3 Å². The standard InChI is InChI=1S/C10H12F2N2O2/c1-6(16)10(2,5-15)7-4-14(3)13-8(7)9(11)12/h4-5,9H,1-3H3. The molecule has 1 rings (SSSR count). The largest absolute Gasteiger partial charge is 0.302 e. The lowest BCUT2D eigenvalue weighted by molar-refractivity contribution is -0.127. The van der Waals surface area contributed by atoms with E-state index in [-0.39, 0.29) is 5.56 Å². The highest BCUT2D eigenvalue weighted by atomic mass is 19.3. The molecule has 88 valence electrons. The third kappa shape index (κ3) is 1.87. The topological polar surface area (TPSA) is 52.0 Å². The van der Waals surface area contributed by atoms with Crippen LogP contribution in [0.25, 0.3) is 0 Å². The van der Waals surface area contributed by atoms with E-state index in [4.69, 9.17) is 0 Å². The lowest BCUT2D eigenvalue weighted by Crippen LogP contribution is -2.33. The number of rotatable bonds is 4. The monoisotopic (exact) mass is 230 g/mol. The molecule has 4 nitrogen and oxygen atoms in total. The molecule has 1 aromatic rings. The maximum absolute atomic E-state index is 12.7. The maximum atomic E-state index is 12.7. The fourth-order valence-corrected chi connectivity index (χ4v) is 1.40. The number of nitrogens with zero attached hydrogens (tertiary/aromatic N) is 2. The van der Waals surface area contributed by atoms with Gasteiger partial charge in [-0.05, 0) is 13.8 Å². The zero-order valence-corrected chi connectivity index (χ0v) is 9.20. The van der Waals surface area contributed by atoms with E-state index in [9.17, 15) is 18.4 Å². The van der Waals surface area contributed by atoms with Gasteiger partial charge in [0, 0.05) is 18.8 Å². The Morgan fingerprint density at radius 3 is 2.56 bits per heavy atom. The van der Waals surface area contributed by atoms with Crippen LogP contribution < -0.4 is 0 Å². The molecule has 0 amide bonds. The van der Waals surface area contributed by atoms with Gasteiger partial charge in [-0.3, -0.25) is 9.48 Å². The van der Waals surface area contributed by atoms with Crippen molar-refractivity contribution in [1.82, 2.24) is 9.78 Å². The fraction of sp³-hybridized carbons (Fsp3) is 0.500. The summed E-state index contributed by atoms with van der Waals surface area (Å²) in [6.45, 7) is 2.50. The van der Waals surface area contributed by atoms with Crippen molar-refractivity contribution >= 4 is 12.1 Å². The van der Waals surface area contributed by atoms with Crippen LogP contribution in [0.2, 0.25) is 0 Å². The first kappa shape index (κ1) is 12.5. The van der Waals surface area contributed by atoms with Gasteiger partial charge in [-0.15, -0.1) is 0 Å². The lowest BCUT2D eigenvalue weighted by Gasteiger charge is -2.19. The number of Topliss-reactive ketones (excluding diaryl/α,β-unsaturated/α-hetero) is 1. The van der Waals surface area contributed by atoms with Crippen molar-refractivity contribution in [3.63, 3.8) is 0 Å². The second-order valence-electron chi connectivity index (χ2n) is 3.78. The fourth-order valence-electron chi connectivity index (χ4n) is 1.40. The van der Waals surface area contributed by atoms with E-state index in [2.05, 4.69) is 5.10 Å². The van der Waals surface area contributed by atoms with Crippen LogP contribution in [-0.2, 0) is 22.1 Å². The Morgan fingerprint density at radius 2 is 2.19 bits per heavy atom. The Kier molecular flexibility index (Phi) is 3.21. The van der Waals surface area contributed by atoms with Crippen LogP contribution in [0.4, 0.5) is 8.78 Å². The van der Waals surface area contributed by atoms with Crippen LogP contribution in [0.1, 0.15) is 31.5 Å². The van der Waals surface area contributed by atoms with E-state index >= 15 is 0 Å². The zero-order valence-electron chi connectivity index (χ0n) is 9.20. The molecule has 0 aromatic carbocycles. The molecular formula is C10H12F2N2O2. The predicted molar refractivity (Wildman–Crippen MR) is 52.3 cm³/mol.